The lowest BCUT2D eigenvalue weighted by Gasteiger charge is -1.91. The quantitative estimate of drug-likeness (QED) is 0.537. The van der Waals surface area contributed by atoms with E-state index in [9.17, 15) is 0 Å². The zero-order valence-electron chi connectivity index (χ0n) is 7.82. The van der Waals surface area contributed by atoms with Crippen molar-refractivity contribution in [3.63, 3.8) is 0 Å². The summed E-state index contributed by atoms with van der Waals surface area (Å²) in [5.74, 6) is 0. The summed E-state index contributed by atoms with van der Waals surface area (Å²) in [4.78, 5) is 5.50. The Labute approximate surface area is 86.0 Å². The van der Waals surface area contributed by atoms with Crippen molar-refractivity contribution in [3.05, 3.63) is 42.1 Å². The summed E-state index contributed by atoms with van der Waals surface area (Å²) in [6.07, 6.45) is 1.85. The number of rotatable bonds is 0. The Morgan fingerprint density at radius 3 is 3.00 bits per heavy atom. The number of fused-ring (bicyclic) bond motifs is 3. The first-order chi connectivity index (χ1) is 6.84. The summed E-state index contributed by atoms with van der Waals surface area (Å²) in [5.41, 5.74) is 1.31. The molecule has 2 aromatic heterocycles. The average molecular weight is 199 g/mol. The van der Waals surface area contributed by atoms with Gasteiger partial charge in [0.15, 0.2) is 0 Å². The van der Waals surface area contributed by atoms with Gasteiger partial charge in [0.1, 0.15) is 4.83 Å². The van der Waals surface area contributed by atoms with Gasteiger partial charge in [-0.25, -0.2) is 4.98 Å². The van der Waals surface area contributed by atoms with Crippen LogP contribution in [0.1, 0.15) is 5.56 Å². The zero-order valence-corrected chi connectivity index (χ0v) is 8.64. The molecule has 0 N–H and O–H groups in total. The summed E-state index contributed by atoms with van der Waals surface area (Å²) < 4.78 is 1.33. The fourth-order valence-electron chi connectivity index (χ4n) is 1.72. The van der Waals surface area contributed by atoms with Crippen molar-refractivity contribution < 1.29 is 0 Å². The highest BCUT2D eigenvalue weighted by Crippen LogP contribution is 2.32. The van der Waals surface area contributed by atoms with E-state index in [1.165, 1.54) is 21.0 Å². The van der Waals surface area contributed by atoms with Crippen LogP contribution in [0.25, 0.3) is 20.3 Å². The highest BCUT2D eigenvalue weighted by molar-refractivity contribution is 7.25. The van der Waals surface area contributed by atoms with Crippen LogP contribution in [0.3, 0.4) is 0 Å². The van der Waals surface area contributed by atoms with Crippen LogP contribution < -0.4 is 0 Å². The second kappa shape index (κ2) is 2.79. The van der Waals surface area contributed by atoms with Gasteiger partial charge in [-0.2, -0.15) is 0 Å². The van der Waals surface area contributed by atoms with E-state index in [2.05, 4.69) is 36.2 Å². The van der Waals surface area contributed by atoms with Crippen LogP contribution >= 0.6 is 11.3 Å². The lowest BCUT2D eigenvalue weighted by atomic mass is 10.1. The maximum atomic E-state index is 4.37. The first-order valence-electron chi connectivity index (χ1n) is 4.58. The van der Waals surface area contributed by atoms with Crippen molar-refractivity contribution in [1.82, 2.24) is 4.98 Å². The van der Waals surface area contributed by atoms with Gasteiger partial charge in [-0.05, 0) is 30.7 Å². The Hall–Kier alpha value is -1.41. The number of thiophene rings is 1. The fraction of sp³-hybridized carbons (Fsp3) is 0.0833. The molecule has 0 spiro atoms. The molecule has 3 rings (SSSR count). The van der Waals surface area contributed by atoms with Crippen molar-refractivity contribution in [3.8, 4) is 0 Å². The molecule has 0 saturated carbocycles. The van der Waals surface area contributed by atoms with Crippen molar-refractivity contribution in [1.29, 1.82) is 0 Å². The molecule has 0 fully saturated rings. The molecule has 2 heterocycles. The van der Waals surface area contributed by atoms with Crippen molar-refractivity contribution in [2.75, 3.05) is 0 Å². The topological polar surface area (TPSA) is 12.9 Å². The van der Waals surface area contributed by atoms with Crippen molar-refractivity contribution in [2.45, 2.75) is 6.92 Å². The molecule has 0 unspecified atom stereocenters. The van der Waals surface area contributed by atoms with Crippen LogP contribution in [-0.4, -0.2) is 4.98 Å². The van der Waals surface area contributed by atoms with Crippen LogP contribution in [0.15, 0.2) is 36.5 Å². The molecule has 1 aromatic carbocycles. The predicted octanol–water partition coefficient (Wildman–Crippen LogP) is 3.76. The van der Waals surface area contributed by atoms with Gasteiger partial charge in [-0.15, -0.1) is 11.3 Å². The van der Waals surface area contributed by atoms with E-state index < -0.39 is 0 Å². The third-order valence-corrected chi connectivity index (χ3v) is 3.48. The van der Waals surface area contributed by atoms with Crippen molar-refractivity contribution >= 4 is 31.6 Å². The summed E-state index contributed by atoms with van der Waals surface area (Å²) in [6.45, 7) is 2.12. The monoisotopic (exact) mass is 199 g/mol. The minimum atomic E-state index is 1.13. The van der Waals surface area contributed by atoms with Crippen LogP contribution in [0.4, 0.5) is 0 Å². The Morgan fingerprint density at radius 2 is 2.07 bits per heavy atom. The van der Waals surface area contributed by atoms with Gasteiger partial charge in [-0.3, -0.25) is 0 Å². The molecule has 0 aliphatic carbocycles. The normalized spacial score (nSPS) is 11.2. The van der Waals surface area contributed by atoms with Crippen LogP contribution in [0.5, 0.6) is 0 Å². The molecule has 0 bridgehead atoms. The third kappa shape index (κ3) is 1.04. The summed E-state index contributed by atoms with van der Waals surface area (Å²) in [5, 5.41) is 2.59. The van der Waals surface area contributed by atoms with E-state index >= 15 is 0 Å². The summed E-state index contributed by atoms with van der Waals surface area (Å²) >= 11 is 1.76. The van der Waals surface area contributed by atoms with Gasteiger partial charge in [0, 0.05) is 21.7 Å². The van der Waals surface area contributed by atoms with Gasteiger partial charge in [0.05, 0.1) is 0 Å². The fourth-order valence-corrected chi connectivity index (χ4v) is 2.86. The van der Waals surface area contributed by atoms with Crippen molar-refractivity contribution in [2.24, 2.45) is 0 Å². The standard InChI is InChI=1S/C12H9NS/c1-8-4-5-9-10-3-2-6-13-12(10)14-11(9)7-8/h2-7H,1H3. The Kier molecular flexibility index (Phi) is 1.58. The van der Waals surface area contributed by atoms with Gasteiger partial charge in [0.25, 0.3) is 0 Å². The molecule has 0 aliphatic heterocycles. The molecule has 68 valence electrons. The van der Waals surface area contributed by atoms with Crippen LogP contribution in [0, 0.1) is 6.92 Å². The molecule has 1 nitrogen and oxygen atoms in total. The molecule has 3 aromatic rings. The minimum absolute atomic E-state index is 1.13. The van der Waals surface area contributed by atoms with E-state index in [0.29, 0.717) is 0 Å². The van der Waals surface area contributed by atoms with Gasteiger partial charge in [-0.1, -0.05) is 12.1 Å². The zero-order chi connectivity index (χ0) is 9.54. The van der Waals surface area contributed by atoms with Crippen LogP contribution in [-0.2, 0) is 0 Å². The van der Waals surface area contributed by atoms with Crippen LogP contribution in [0.2, 0.25) is 0 Å². The molecule has 0 saturated heterocycles. The van der Waals surface area contributed by atoms with E-state index in [4.69, 9.17) is 0 Å². The maximum Gasteiger partial charge on any atom is 0.124 e. The van der Waals surface area contributed by atoms with Gasteiger partial charge in [0.2, 0.25) is 0 Å². The third-order valence-electron chi connectivity index (χ3n) is 2.41. The summed E-state index contributed by atoms with van der Waals surface area (Å²) in [7, 11) is 0. The lowest BCUT2D eigenvalue weighted by Crippen LogP contribution is -1.70. The Balaban J connectivity index is 2.57. The second-order valence-electron chi connectivity index (χ2n) is 3.46. The van der Waals surface area contributed by atoms with Gasteiger partial charge >= 0.3 is 0 Å². The predicted molar refractivity (Wildman–Crippen MR) is 61.9 cm³/mol. The van der Waals surface area contributed by atoms with E-state index in [1.54, 1.807) is 11.3 Å². The molecular formula is C12H9NS. The van der Waals surface area contributed by atoms with E-state index in [0.717, 1.165) is 4.83 Å². The summed E-state index contributed by atoms with van der Waals surface area (Å²) in [6, 6.07) is 10.7. The second-order valence-corrected chi connectivity index (χ2v) is 4.49. The molecule has 0 amide bonds. The van der Waals surface area contributed by atoms with E-state index in [-0.39, 0.29) is 0 Å². The molecular weight excluding hydrogens is 190 g/mol. The van der Waals surface area contributed by atoms with E-state index in [1.807, 2.05) is 12.3 Å². The number of aryl methyl sites for hydroxylation is 1. The molecule has 0 radical (unpaired) electrons. The lowest BCUT2D eigenvalue weighted by molar-refractivity contribution is 1.45. The Bertz CT molecular complexity index is 610. The minimum Gasteiger partial charge on any atom is -0.245 e. The highest BCUT2D eigenvalue weighted by Gasteiger charge is 2.04. The number of pyridine rings is 1. The number of hydrogen-bond acceptors (Lipinski definition) is 2. The maximum absolute atomic E-state index is 4.37. The first-order valence-corrected chi connectivity index (χ1v) is 5.40. The molecule has 0 atom stereocenters. The molecule has 14 heavy (non-hydrogen) atoms. The Morgan fingerprint density at radius 1 is 1.14 bits per heavy atom. The molecule has 2 heteroatoms. The SMILES string of the molecule is Cc1ccc2c(c1)sc1ncccc12. The largest absolute Gasteiger partial charge is 0.245 e. The number of benzene rings is 1. The van der Waals surface area contributed by atoms with Gasteiger partial charge < -0.3 is 0 Å². The number of nitrogens with zero attached hydrogens (tertiary/aromatic N) is 1. The number of aromatic nitrogens is 1. The smallest absolute Gasteiger partial charge is 0.124 e. The molecule has 0 aliphatic rings. The first kappa shape index (κ1) is 7.94. The highest BCUT2D eigenvalue weighted by atomic mass is 32.1. The number of hydrogen-bond donors (Lipinski definition) is 0. The average Bonchev–Trinajstić information content (AvgIpc) is 2.54.